The van der Waals surface area contributed by atoms with Crippen LogP contribution in [0.4, 0.5) is 0 Å². The predicted octanol–water partition coefficient (Wildman–Crippen LogP) is 0.812. The average molecular weight is 278 g/mol. The minimum absolute atomic E-state index is 0.0702. The van der Waals surface area contributed by atoms with Crippen LogP contribution in [-0.2, 0) is 6.54 Å². The van der Waals surface area contributed by atoms with E-state index in [2.05, 4.69) is 15.2 Å². The summed E-state index contributed by atoms with van der Waals surface area (Å²) < 4.78 is 1.59. The highest BCUT2D eigenvalue weighted by atomic mass is 32.2. The molecular weight excluding hydrogens is 264 g/mol. The quantitative estimate of drug-likeness (QED) is 0.553. The molecule has 2 rings (SSSR count). The van der Waals surface area contributed by atoms with Crippen LogP contribution in [0.5, 0.6) is 0 Å². The first kappa shape index (κ1) is 13.3. The zero-order chi connectivity index (χ0) is 13.8. The number of H-pyrrole nitrogens is 1. The van der Waals surface area contributed by atoms with Crippen LogP contribution in [0.2, 0.25) is 0 Å². The SMILES string of the molecule is CCCn1c(Sc2ccc(C(=N)N)nc2)n[nH]c1=O. The second-order valence-electron chi connectivity index (χ2n) is 3.86. The Morgan fingerprint density at radius 3 is 2.95 bits per heavy atom. The summed E-state index contributed by atoms with van der Waals surface area (Å²) in [6.07, 6.45) is 2.46. The van der Waals surface area contributed by atoms with Crippen LogP contribution >= 0.6 is 11.8 Å². The van der Waals surface area contributed by atoms with Gasteiger partial charge in [-0.2, -0.15) is 0 Å². The van der Waals surface area contributed by atoms with E-state index in [4.69, 9.17) is 11.1 Å². The summed E-state index contributed by atoms with van der Waals surface area (Å²) in [6.45, 7) is 2.62. The molecule has 0 bridgehead atoms. The molecular formula is C11H14N6OS. The van der Waals surface area contributed by atoms with E-state index in [9.17, 15) is 4.79 Å². The van der Waals surface area contributed by atoms with Crippen molar-refractivity contribution in [1.82, 2.24) is 19.7 Å². The number of nitrogens with zero attached hydrogens (tertiary/aromatic N) is 3. The Hall–Kier alpha value is -2.09. The summed E-state index contributed by atoms with van der Waals surface area (Å²) in [5.41, 5.74) is 5.55. The summed E-state index contributed by atoms with van der Waals surface area (Å²) >= 11 is 1.34. The first-order valence-electron chi connectivity index (χ1n) is 5.75. The molecule has 7 nitrogen and oxygen atoms in total. The topological polar surface area (TPSA) is 113 Å². The Balaban J connectivity index is 2.21. The zero-order valence-corrected chi connectivity index (χ0v) is 11.2. The van der Waals surface area contributed by atoms with Crippen molar-refractivity contribution in [3.05, 3.63) is 34.5 Å². The van der Waals surface area contributed by atoms with E-state index in [1.807, 2.05) is 6.92 Å². The number of amidine groups is 1. The van der Waals surface area contributed by atoms with E-state index in [0.29, 0.717) is 17.4 Å². The Bertz CT molecular complexity index is 629. The lowest BCUT2D eigenvalue weighted by molar-refractivity contribution is 0.604. The van der Waals surface area contributed by atoms with Gasteiger partial charge in [0.25, 0.3) is 0 Å². The summed E-state index contributed by atoms with van der Waals surface area (Å²) in [4.78, 5) is 16.4. The van der Waals surface area contributed by atoms with E-state index >= 15 is 0 Å². The Morgan fingerprint density at radius 1 is 1.58 bits per heavy atom. The molecule has 4 N–H and O–H groups in total. The molecule has 0 amide bonds. The number of aromatic nitrogens is 4. The van der Waals surface area contributed by atoms with Gasteiger partial charge in [-0.3, -0.25) is 15.0 Å². The average Bonchev–Trinajstić information content (AvgIpc) is 2.73. The van der Waals surface area contributed by atoms with Crippen molar-refractivity contribution in [2.45, 2.75) is 29.9 Å². The van der Waals surface area contributed by atoms with E-state index in [1.54, 1.807) is 22.9 Å². The van der Waals surface area contributed by atoms with E-state index in [1.165, 1.54) is 11.8 Å². The number of pyridine rings is 1. The molecule has 0 aliphatic rings. The molecule has 0 unspecified atom stereocenters. The summed E-state index contributed by atoms with van der Waals surface area (Å²) in [6, 6.07) is 3.46. The van der Waals surface area contributed by atoms with Gasteiger partial charge in [-0.25, -0.2) is 9.89 Å². The van der Waals surface area contributed by atoms with Gasteiger partial charge in [0.2, 0.25) is 0 Å². The molecule has 2 heterocycles. The van der Waals surface area contributed by atoms with Crippen molar-refractivity contribution in [2.24, 2.45) is 5.73 Å². The third-order valence-electron chi connectivity index (χ3n) is 2.39. The lowest BCUT2D eigenvalue weighted by Gasteiger charge is -2.03. The summed E-state index contributed by atoms with van der Waals surface area (Å²) in [7, 11) is 0. The van der Waals surface area contributed by atoms with Crippen LogP contribution in [0, 0.1) is 5.41 Å². The number of nitrogens with two attached hydrogens (primary N) is 1. The fourth-order valence-corrected chi connectivity index (χ4v) is 2.34. The normalized spacial score (nSPS) is 10.6. The Labute approximate surface area is 113 Å². The number of hydrogen-bond donors (Lipinski definition) is 3. The van der Waals surface area contributed by atoms with Gasteiger partial charge in [0.15, 0.2) is 5.16 Å². The van der Waals surface area contributed by atoms with Crippen LogP contribution in [0.1, 0.15) is 19.0 Å². The Kier molecular flexibility index (Phi) is 4.00. The molecule has 2 aromatic heterocycles. The lowest BCUT2D eigenvalue weighted by Crippen LogP contribution is -2.17. The fourth-order valence-electron chi connectivity index (χ4n) is 1.51. The lowest BCUT2D eigenvalue weighted by atomic mass is 10.3. The van der Waals surface area contributed by atoms with Crippen molar-refractivity contribution >= 4 is 17.6 Å². The molecule has 0 spiro atoms. The predicted molar refractivity (Wildman–Crippen MR) is 72.5 cm³/mol. The third kappa shape index (κ3) is 3.02. The van der Waals surface area contributed by atoms with Crippen molar-refractivity contribution in [2.75, 3.05) is 0 Å². The zero-order valence-electron chi connectivity index (χ0n) is 10.4. The first-order valence-corrected chi connectivity index (χ1v) is 6.57. The van der Waals surface area contributed by atoms with Gasteiger partial charge in [-0.15, -0.1) is 5.10 Å². The monoisotopic (exact) mass is 278 g/mol. The standard InChI is InChI=1S/C11H14N6OS/c1-2-5-17-10(18)15-16-11(17)19-7-3-4-8(9(12)13)14-6-7/h3-4,6H,2,5H2,1H3,(H3,12,13)(H,15,18). The fraction of sp³-hybridized carbons (Fsp3) is 0.273. The number of aromatic amines is 1. The molecule has 0 saturated heterocycles. The van der Waals surface area contributed by atoms with Crippen LogP contribution in [0.3, 0.4) is 0 Å². The number of hydrogen-bond acceptors (Lipinski definition) is 5. The smallest absolute Gasteiger partial charge is 0.343 e. The molecule has 19 heavy (non-hydrogen) atoms. The van der Waals surface area contributed by atoms with Crippen molar-refractivity contribution in [3.63, 3.8) is 0 Å². The van der Waals surface area contributed by atoms with E-state index in [0.717, 1.165) is 11.3 Å². The summed E-state index contributed by atoms with van der Waals surface area (Å²) in [5, 5.41) is 14.3. The highest BCUT2D eigenvalue weighted by Crippen LogP contribution is 2.24. The maximum absolute atomic E-state index is 11.5. The van der Waals surface area contributed by atoms with Crippen molar-refractivity contribution < 1.29 is 0 Å². The third-order valence-corrected chi connectivity index (χ3v) is 3.36. The number of nitrogen functional groups attached to an aromatic ring is 1. The van der Waals surface area contributed by atoms with Crippen LogP contribution in [-0.4, -0.2) is 25.6 Å². The van der Waals surface area contributed by atoms with Crippen molar-refractivity contribution in [1.29, 1.82) is 5.41 Å². The second-order valence-corrected chi connectivity index (χ2v) is 4.90. The number of rotatable bonds is 5. The molecule has 0 radical (unpaired) electrons. The van der Waals surface area contributed by atoms with Gasteiger partial charge < -0.3 is 5.73 Å². The Morgan fingerprint density at radius 2 is 2.37 bits per heavy atom. The summed E-state index contributed by atoms with van der Waals surface area (Å²) in [5.74, 6) is -0.0702. The second kappa shape index (κ2) is 5.70. The minimum atomic E-state index is -0.210. The first-order chi connectivity index (χ1) is 9.11. The van der Waals surface area contributed by atoms with Gasteiger partial charge >= 0.3 is 5.69 Å². The molecule has 8 heteroatoms. The van der Waals surface area contributed by atoms with Crippen LogP contribution < -0.4 is 11.4 Å². The highest BCUT2D eigenvalue weighted by Gasteiger charge is 2.09. The van der Waals surface area contributed by atoms with Gasteiger partial charge in [0, 0.05) is 17.6 Å². The van der Waals surface area contributed by atoms with E-state index in [-0.39, 0.29) is 11.5 Å². The van der Waals surface area contributed by atoms with E-state index < -0.39 is 0 Å². The van der Waals surface area contributed by atoms with Gasteiger partial charge in [-0.05, 0) is 30.3 Å². The maximum Gasteiger partial charge on any atom is 0.343 e. The van der Waals surface area contributed by atoms with Crippen LogP contribution in [0.25, 0.3) is 0 Å². The van der Waals surface area contributed by atoms with Crippen LogP contribution in [0.15, 0.2) is 33.2 Å². The van der Waals surface area contributed by atoms with Gasteiger partial charge in [0.05, 0.1) is 0 Å². The van der Waals surface area contributed by atoms with Gasteiger partial charge in [0.1, 0.15) is 11.5 Å². The molecule has 0 aromatic carbocycles. The molecule has 100 valence electrons. The minimum Gasteiger partial charge on any atom is -0.382 e. The molecule has 2 aromatic rings. The number of nitrogens with one attached hydrogen (secondary N) is 2. The largest absolute Gasteiger partial charge is 0.382 e. The van der Waals surface area contributed by atoms with Gasteiger partial charge in [-0.1, -0.05) is 6.92 Å². The molecule has 0 saturated carbocycles. The molecule has 0 fully saturated rings. The maximum atomic E-state index is 11.5. The molecule has 0 aliphatic heterocycles. The molecule has 0 aliphatic carbocycles. The highest BCUT2D eigenvalue weighted by molar-refractivity contribution is 7.99. The molecule has 0 atom stereocenters. The van der Waals surface area contributed by atoms with Crippen molar-refractivity contribution in [3.8, 4) is 0 Å².